The number of carboxylic acid groups (broad SMARTS) is 1. The van der Waals surface area contributed by atoms with Crippen molar-refractivity contribution in [2.45, 2.75) is 32.2 Å². The van der Waals surface area contributed by atoms with E-state index in [2.05, 4.69) is 4.98 Å². The summed E-state index contributed by atoms with van der Waals surface area (Å²) >= 11 is 1.53. The molecular weight excluding hydrogens is 264 g/mol. The van der Waals surface area contributed by atoms with E-state index in [-0.39, 0.29) is 18.4 Å². The van der Waals surface area contributed by atoms with E-state index in [1.165, 1.54) is 17.4 Å². The van der Waals surface area contributed by atoms with Crippen LogP contribution in [0.25, 0.3) is 6.08 Å². The Hall–Kier alpha value is -1.69. The Morgan fingerprint density at radius 1 is 1.63 bits per heavy atom. The van der Waals surface area contributed by atoms with Gasteiger partial charge in [-0.25, -0.2) is 4.98 Å². The third kappa shape index (κ3) is 3.64. The van der Waals surface area contributed by atoms with Gasteiger partial charge in [0, 0.05) is 24.0 Å². The molecule has 0 aromatic carbocycles. The number of nitrogens with zero attached hydrogens (tertiary/aromatic N) is 2. The van der Waals surface area contributed by atoms with Crippen LogP contribution in [-0.2, 0) is 9.59 Å². The largest absolute Gasteiger partial charge is 0.481 e. The van der Waals surface area contributed by atoms with Gasteiger partial charge in [-0.1, -0.05) is 0 Å². The Balaban J connectivity index is 1.98. The van der Waals surface area contributed by atoms with E-state index in [9.17, 15) is 9.59 Å². The smallest absolute Gasteiger partial charge is 0.305 e. The molecule has 0 aliphatic carbocycles. The number of thiazole rings is 1. The minimum atomic E-state index is -0.858. The van der Waals surface area contributed by atoms with E-state index < -0.39 is 5.97 Å². The Bertz CT molecular complexity index is 510. The molecule has 1 fully saturated rings. The standard InChI is InChI=1S/C13H16N2O3S/c1-9-14-10(8-19-9)4-5-12(16)15-6-2-3-11(15)7-13(17)18/h4-5,8,11H,2-3,6-7H2,1H3,(H,17,18). The molecule has 0 spiro atoms. The van der Waals surface area contributed by atoms with Crippen molar-refractivity contribution >= 4 is 29.3 Å². The molecule has 6 heteroatoms. The zero-order valence-corrected chi connectivity index (χ0v) is 11.5. The van der Waals surface area contributed by atoms with E-state index >= 15 is 0 Å². The molecule has 1 amide bonds. The van der Waals surface area contributed by atoms with Gasteiger partial charge in [-0.15, -0.1) is 11.3 Å². The molecule has 1 N–H and O–H groups in total. The maximum Gasteiger partial charge on any atom is 0.305 e. The van der Waals surface area contributed by atoms with Crippen molar-refractivity contribution in [1.29, 1.82) is 0 Å². The quantitative estimate of drug-likeness (QED) is 0.856. The molecule has 1 aliphatic rings. The highest BCUT2D eigenvalue weighted by atomic mass is 32.1. The highest BCUT2D eigenvalue weighted by Crippen LogP contribution is 2.20. The van der Waals surface area contributed by atoms with Crippen molar-refractivity contribution in [2.24, 2.45) is 0 Å². The van der Waals surface area contributed by atoms with Crippen molar-refractivity contribution < 1.29 is 14.7 Å². The molecule has 1 aromatic heterocycles. The molecule has 1 unspecified atom stereocenters. The van der Waals surface area contributed by atoms with Gasteiger partial charge in [0.05, 0.1) is 17.1 Å². The molecule has 0 saturated carbocycles. The van der Waals surface area contributed by atoms with Gasteiger partial charge in [-0.05, 0) is 25.8 Å². The third-order valence-corrected chi connectivity index (χ3v) is 3.90. The summed E-state index contributed by atoms with van der Waals surface area (Å²) in [6.45, 7) is 2.55. The average Bonchev–Trinajstić information content (AvgIpc) is 2.94. The van der Waals surface area contributed by atoms with Crippen molar-refractivity contribution in [3.05, 3.63) is 22.2 Å². The number of aromatic nitrogens is 1. The first kappa shape index (κ1) is 13.7. The van der Waals surface area contributed by atoms with Crippen molar-refractivity contribution in [2.75, 3.05) is 6.54 Å². The van der Waals surface area contributed by atoms with Gasteiger partial charge in [0.15, 0.2) is 0 Å². The molecule has 5 nitrogen and oxygen atoms in total. The lowest BCUT2D eigenvalue weighted by molar-refractivity contribution is -0.139. The summed E-state index contributed by atoms with van der Waals surface area (Å²) in [6.07, 6.45) is 4.82. The Kier molecular flexibility index (Phi) is 4.31. The second-order valence-electron chi connectivity index (χ2n) is 4.55. The first-order chi connectivity index (χ1) is 9.06. The minimum Gasteiger partial charge on any atom is -0.481 e. The first-order valence-electron chi connectivity index (χ1n) is 6.19. The lowest BCUT2D eigenvalue weighted by Gasteiger charge is -2.21. The van der Waals surface area contributed by atoms with Crippen LogP contribution >= 0.6 is 11.3 Å². The van der Waals surface area contributed by atoms with Crippen LogP contribution in [0.15, 0.2) is 11.5 Å². The lowest BCUT2D eigenvalue weighted by Crippen LogP contribution is -2.35. The summed E-state index contributed by atoms with van der Waals surface area (Å²) in [4.78, 5) is 28.7. The zero-order valence-electron chi connectivity index (χ0n) is 10.7. The van der Waals surface area contributed by atoms with Gasteiger partial charge in [-0.3, -0.25) is 9.59 Å². The van der Waals surface area contributed by atoms with Crippen LogP contribution in [0.4, 0.5) is 0 Å². The second-order valence-corrected chi connectivity index (χ2v) is 5.61. The summed E-state index contributed by atoms with van der Waals surface area (Å²) in [5, 5.41) is 11.7. The fourth-order valence-electron chi connectivity index (χ4n) is 2.25. The number of hydrogen-bond donors (Lipinski definition) is 1. The number of aryl methyl sites for hydroxylation is 1. The van der Waals surface area contributed by atoms with Crippen molar-refractivity contribution in [3.8, 4) is 0 Å². The Labute approximate surface area is 115 Å². The molecule has 1 aliphatic heterocycles. The van der Waals surface area contributed by atoms with E-state index in [4.69, 9.17) is 5.11 Å². The molecular formula is C13H16N2O3S. The van der Waals surface area contributed by atoms with Crippen LogP contribution in [0.2, 0.25) is 0 Å². The van der Waals surface area contributed by atoms with Gasteiger partial charge >= 0.3 is 5.97 Å². The van der Waals surface area contributed by atoms with Gasteiger partial charge in [0.2, 0.25) is 5.91 Å². The van der Waals surface area contributed by atoms with Crippen LogP contribution in [0.1, 0.15) is 30.0 Å². The van der Waals surface area contributed by atoms with Gasteiger partial charge in [0.1, 0.15) is 0 Å². The first-order valence-corrected chi connectivity index (χ1v) is 7.07. The normalized spacial score (nSPS) is 19.2. The van der Waals surface area contributed by atoms with Gasteiger partial charge < -0.3 is 10.0 Å². The molecule has 19 heavy (non-hydrogen) atoms. The summed E-state index contributed by atoms with van der Waals surface area (Å²) in [6, 6.07) is -0.174. The van der Waals surface area contributed by atoms with Crippen LogP contribution in [0, 0.1) is 6.92 Å². The molecule has 2 rings (SSSR count). The predicted octanol–water partition coefficient (Wildman–Crippen LogP) is 1.93. The number of amides is 1. The van der Waals surface area contributed by atoms with Crippen LogP contribution < -0.4 is 0 Å². The van der Waals surface area contributed by atoms with Crippen molar-refractivity contribution in [1.82, 2.24) is 9.88 Å². The predicted molar refractivity (Wildman–Crippen MR) is 72.9 cm³/mol. The van der Waals surface area contributed by atoms with E-state index in [0.29, 0.717) is 6.54 Å². The number of carbonyl (C=O) groups excluding carboxylic acids is 1. The van der Waals surface area contributed by atoms with Gasteiger partial charge in [0.25, 0.3) is 0 Å². The Morgan fingerprint density at radius 3 is 3.05 bits per heavy atom. The highest BCUT2D eigenvalue weighted by Gasteiger charge is 2.28. The zero-order chi connectivity index (χ0) is 13.8. The molecule has 1 atom stereocenters. The summed E-state index contributed by atoms with van der Waals surface area (Å²) in [5.41, 5.74) is 0.768. The molecule has 102 valence electrons. The number of carboxylic acids is 1. The fourth-order valence-corrected chi connectivity index (χ4v) is 2.83. The van der Waals surface area contributed by atoms with Crippen LogP contribution in [-0.4, -0.2) is 39.5 Å². The monoisotopic (exact) mass is 280 g/mol. The fraction of sp³-hybridized carbons (Fsp3) is 0.462. The topological polar surface area (TPSA) is 70.5 Å². The highest BCUT2D eigenvalue weighted by molar-refractivity contribution is 7.09. The van der Waals surface area contributed by atoms with Gasteiger partial charge in [-0.2, -0.15) is 0 Å². The maximum absolute atomic E-state index is 12.0. The Morgan fingerprint density at radius 2 is 2.42 bits per heavy atom. The van der Waals surface area contributed by atoms with Crippen LogP contribution in [0.5, 0.6) is 0 Å². The van der Waals surface area contributed by atoms with E-state index in [0.717, 1.165) is 23.5 Å². The summed E-state index contributed by atoms with van der Waals surface area (Å²) in [5.74, 6) is -0.988. The number of rotatable bonds is 4. The molecule has 1 saturated heterocycles. The minimum absolute atomic E-state index is 0.0232. The SMILES string of the molecule is Cc1nc(C=CC(=O)N2CCCC2CC(=O)O)cs1. The molecule has 0 radical (unpaired) electrons. The summed E-state index contributed by atoms with van der Waals surface area (Å²) in [7, 11) is 0. The number of carbonyl (C=O) groups is 2. The number of likely N-dealkylation sites (tertiary alicyclic amines) is 1. The number of aliphatic carboxylic acids is 1. The number of hydrogen-bond acceptors (Lipinski definition) is 4. The van der Waals surface area contributed by atoms with Crippen molar-refractivity contribution in [3.63, 3.8) is 0 Å². The summed E-state index contributed by atoms with van der Waals surface area (Å²) < 4.78 is 0. The molecule has 2 heterocycles. The van der Waals surface area contributed by atoms with E-state index in [1.54, 1.807) is 11.0 Å². The lowest BCUT2D eigenvalue weighted by atomic mass is 10.1. The maximum atomic E-state index is 12.0. The molecule has 1 aromatic rings. The van der Waals surface area contributed by atoms with Crippen LogP contribution in [0.3, 0.4) is 0 Å². The second kappa shape index (κ2) is 5.97. The van der Waals surface area contributed by atoms with E-state index in [1.807, 2.05) is 12.3 Å². The molecule has 0 bridgehead atoms. The average molecular weight is 280 g/mol. The third-order valence-electron chi connectivity index (χ3n) is 3.10.